The summed E-state index contributed by atoms with van der Waals surface area (Å²) in [7, 11) is 1.33. The van der Waals surface area contributed by atoms with Crippen LogP contribution in [0.5, 0.6) is 23.0 Å². The summed E-state index contributed by atoms with van der Waals surface area (Å²) in [6, 6.07) is 23.4. The third kappa shape index (κ3) is 8.44. The minimum absolute atomic E-state index is 0.0109. The average molecular weight is 801 g/mol. The van der Waals surface area contributed by atoms with Crippen molar-refractivity contribution >= 4 is 50.0 Å². The van der Waals surface area contributed by atoms with Gasteiger partial charge in [-0.3, -0.25) is 4.79 Å². The van der Waals surface area contributed by atoms with Crippen molar-refractivity contribution in [3.63, 3.8) is 0 Å². The largest absolute Gasteiger partial charge is 0.508 e. The highest BCUT2D eigenvalue weighted by molar-refractivity contribution is 6.27. The van der Waals surface area contributed by atoms with Crippen LogP contribution in [0.25, 0.3) is 32.6 Å². The third-order valence-corrected chi connectivity index (χ3v) is 10.3. The van der Waals surface area contributed by atoms with Crippen LogP contribution in [-0.4, -0.2) is 58.3 Å². The Bertz CT molecular complexity index is 2510. The van der Waals surface area contributed by atoms with E-state index in [1.165, 1.54) is 26.2 Å². The van der Waals surface area contributed by atoms with Gasteiger partial charge in [0.2, 0.25) is 5.78 Å². The average Bonchev–Trinajstić information content (AvgIpc) is 3.51. The molecule has 1 aromatic heterocycles. The number of para-hydroxylation sites is 1. The molecule has 2 N–H and O–H groups in total. The molecule has 0 bridgehead atoms. The molecular formula is C45H44F4N2O7. The predicted molar refractivity (Wildman–Crippen MR) is 215 cm³/mol. The predicted octanol–water partition coefficient (Wildman–Crippen LogP) is 10.8. The van der Waals surface area contributed by atoms with Gasteiger partial charge in [0.15, 0.2) is 0 Å². The molecule has 58 heavy (non-hydrogen) atoms. The number of benzene rings is 5. The zero-order valence-electron chi connectivity index (χ0n) is 32.5. The molecule has 0 aliphatic carbocycles. The minimum atomic E-state index is -4.26. The maximum atomic E-state index is 14.5. The van der Waals surface area contributed by atoms with Crippen molar-refractivity contribution in [1.29, 1.82) is 0 Å². The number of aromatic nitrogens is 1. The number of halogens is 4. The number of hydrogen-bond donors (Lipinski definition) is 2. The molecule has 0 fully saturated rings. The topological polar surface area (TPSA) is 120 Å². The Balaban J connectivity index is 1.61. The number of phenols is 2. The summed E-state index contributed by atoms with van der Waals surface area (Å²) >= 11 is 0. The Morgan fingerprint density at radius 3 is 2.28 bits per heavy atom. The fraction of sp³-hybridized carbons (Fsp3) is 0.311. The Morgan fingerprint density at radius 2 is 1.59 bits per heavy atom. The number of rotatable bonds is 17. The van der Waals surface area contributed by atoms with Gasteiger partial charge in [0.1, 0.15) is 34.3 Å². The van der Waals surface area contributed by atoms with Crippen LogP contribution >= 0.6 is 0 Å². The molecule has 1 unspecified atom stereocenters. The van der Waals surface area contributed by atoms with Crippen LogP contribution in [0.2, 0.25) is 0 Å². The number of ketones is 1. The number of methoxy groups -OCH3 is 1. The summed E-state index contributed by atoms with van der Waals surface area (Å²) in [4.78, 5) is 31.8. The molecule has 0 amide bonds. The van der Waals surface area contributed by atoms with Gasteiger partial charge in [-0.05, 0) is 48.1 Å². The number of nitrogens with zero attached hydrogens (tertiary/aromatic N) is 2. The van der Waals surface area contributed by atoms with Crippen molar-refractivity contribution in [2.75, 3.05) is 13.7 Å². The second-order valence-electron chi connectivity index (χ2n) is 14.2. The molecule has 304 valence electrons. The van der Waals surface area contributed by atoms with Crippen molar-refractivity contribution in [2.45, 2.75) is 71.8 Å². The van der Waals surface area contributed by atoms with Gasteiger partial charge in [-0.1, -0.05) is 80.7 Å². The van der Waals surface area contributed by atoms with E-state index in [0.29, 0.717) is 34.2 Å². The first kappa shape index (κ1) is 41.5. The number of unbranched alkanes of at least 4 members (excludes halogenated alkanes) is 1. The molecule has 0 saturated carbocycles. The van der Waals surface area contributed by atoms with Crippen molar-refractivity contribution in [3.8, 4) is 23.0 Å². The van der Waals surface area contributed by atoms with E-state index in [0.717, 1.165) is 48.2 Å². The number of carbonyl (C=O) groups is 2. The second-order valence-corrected chi connectivity index (χ2v) is 14.2. The number of aromatic hydroxyl groups is 2. The Kier molecular flexibility index (Phi) is 12.6. The van der Waals surface area contributed by atoms with Crippen molar-refractivity contribution in [2.24, 2.45) is 11.1 Å². The highest BCUT2D eigenvalue weighted by Gasteiger charge is 2.40. The van der Waals surface area contributed by atoms with Gasteiger partial charge in [-0.15, -0.1) is 0 Å². The van der Waals surface area contributed by atoms with Gasteiger partial charge >= 0.3 is 18.3 Å². The lowest BCUT2D eigenvalue weighted by molar-refractivity contribution is -0.140. The lowest BCUT2D eigenvalue weighted by Crippen LogP contribution is -2.28. The summed E-state index contributed by atoms with van der Waals surface area (Å²) in [6.45, 7) is 5.40. The van der Waals surface area contributed by atoms with Gasteiger partial charge in [0.05, 0.1) is 25.7 Å². The number of oxime groups is 1. The van der Waals surface area contributed by atoms with E-state index in [9.17, 15) is 37.4 Å². The van der Waals surface area contributed by atoms with E-state index in [2.05, 4.69) is 23.6 Å². The number of ether oxygens (including phenoxy) is 2. The maximum Gasteiger partial charge on any atom is 0.332 e. The number of carbonyl (C=O) groups excluding carboxylic acids is 2. The molecule has 13 heteroatoms. The molecule has 1 heterocycles. The standard InChI is InChI=1S/C45H44F4N2O7/c1-5-7-12-27(6-2)25-51-36-18-17-28(41(50-58-26(3)52)32-15-10-11-16-38(32)57-20-19-45(48,49)44(46)47)21-33(36)34-24-35(30-13-8-9-14-31(30)42(34)51)43(55)40-37(54)22-29(53)23-39(40)56-4/h8-11,13-18,21-24,27,44,53-54H,5-7,12,19-20,25H2,1-4H3. The normalized spacial score (nSPS) is 12.7. The van der Waals surface area contributed by atoms with Crippen LogP contribution in [0.1, 0.15) is 79.9 Å². The molecule has 6 rings (SSSR count). The van der Waals surface area contributed by atoms with E-state index in [4.69, 9.17) is 14.3 Å². The quantitative estimate of drug-likeness (QED) is 0.0310. The first-order valence-corrected chi connectivity index (χ1v) is 19.1. The molecule has 0 saturated heterocycles. The van der Waals surface area contributed by atoms with Crippen LogP contribution in [-0.2, 0) is 16.2 Å². The number of hydrogen-bond acceptors (Lipinski definition) is 8. The highest BCUT2D eigenvalue weighted by atomic mass is 19.3. The smallest absolute Gasteiger partial charge is 0.332 e. The minimum Gasteiger partial charge on any atom is -0.508 e. The van der Waals surface area contributed by atoms with Crippen LogP contribution in [0, 0.1) is 5.92 Å². The molecule has 0 spiro atoms. The summed E-state index contributed by atoms with van der Waals surface area (Å²) in [5.74, 6) is -5.91. The SMILES string of the molecule is CCCCC(CC)Cn1c2ccc(C(=NOC(C)=O)c3ccccc3OCCC(F)(F)C(F)F)cc2c2cc(C(=O)c3c(O)cc(O)cc3OC)c3ccccc3c21. The summed E-state index contributed by atoms with van der Waals surface area (Å²) in [6.07, 6.45) is -1.08. The first-order valence-electron chi connectivity index (χ1n) is 19.1. The van der Waals surface area contributed by atoms with Crippen LogP contribution in [0.4, 0.5) is 17.6 Å². The fourth-order valence-electron chi connectivity index (χ4n) is 7.34. The van der Waals surface area contributed by atoms with E-state index in [1.54, 1.807) is 30.3 Å². The molecule has 6 aromatic rings. The number of phenolic OH excluding ortho intramolecular Hbond substituents is 2. The Hall–Kier alpha value is -6.11. The summed E-state index contributed by atoms with van der Waals surface area (Å²) < 4.78 is 66.7. The number of fused-ring (bicyclic) bond motifs is 5. The van der Waals surface area contributed by atoms with Crippen LogP contribution in [0.3, 0.4) is 0 Å². The van der Waals surface area contributed by atoms with Crippen LogP contribution in [0.15, 0.2) is 90.1 Å². The Morgan fingerprint density at radius 1 is 0.862 bits per heavy atom. The molecule has 0 radical (unpaired) electrons. The monoisotopic (exact) mass is 800 g/mol. The second kappa shape index (κ2) is 17.6. The highest BCUT2D eigenvalue weighted by Crippen LogP contribution is 2.41. The molecule has 1 atom stereocenters. The van der Waals surface area contributed by atoms with Gasteiger partial charge < -0.3 is 29.1 Å². The van der Waals surface area contributed by atoms with E-state index < -0.39 is 42.9 Å². The van der Waals surface area contributed by atoms with E-state index in [1.807, 2.05) is 36.4 Å². The van der Waals surface area contributed by atoms with Gasteiger partial charge in [-0.2, -0.15) is 0 Å². The van der Waals surface area contributed by atoms with Gasteiger partial charge in [0.25, 0.3) is 0 Å². The summed E-state index contributed by atoms with van der Waals surface area (Å²) in [5.41, 5.74) is 2.60. The first-order chi connectivity index (χ1) is 27.8. The molecule has 5 aromatic carbocycles. The third-order valence-electron chi connectivity index (χ3n) is 10.3. The molecule has 0 aliphatic rings. The molecule has 9 nitrogen and oxygen atoms in total. The Labute approximate surface area is 332 Å². The lowest BCUT2D eigenvalue weighted by Gasteiger charge is -2.19. The maximum absolute atomic E-state index is 14.5. The van der Waals surface area contributed by atoms with Crippen LogP contribution < -0.4 is 9.47 Å². The number of alkyl halides is 4. The van der Waals surface area contributed by atoms with E-state index >= 15 is 0 Å². The molecule has 0 aliphatic heterocycles. The fourth-order valence-corrected chi connectivity index (χ4v) is 7.34. The van der Waals surface area contributed by atoms with Crippen molar-refractivity contribution in [1.82, 2.24) is 4.57 Å². The molecular weight excluding hydrogens is 756 g/mol. The zero-order valence-corrected chi connectivity index (χ0v) is 32.5. The summed E-state index contributed by atoms with van der Waals surface area (Å²) in [5, 5.41) is 28.0. The van der Waals surface area contributed by atoms with Crippen molar-refractivity contribution in [3.05, 3.63) is 107 Å². The van der Waals surface area contributed by atoms with Crippen molar-refractivity contribution < 1.29 is 51.7 Å². The van der Waals surface area contributed by atoms with E-state index in [-0.39, 0.29) is 39.7 Å². The zero-order chi connectivity index (χ0) is 41.7. The van der Waals surface area contributed by atoms with Gasteiger partial charge in [-0.25, -0.2) is 22.4 Å². The van der Waals surface area contributed by atoms with Gasteiger partial charge in [0, 0.05) is 64.0 Å². The lowest BCUT2D eigenvalue weighted by atomic mass is 9.93.